The Balaban J connectivity index is 2.65. The molecule has 0 aliphatic carbocycles. The van der Waals surface area contributed by atoms with Gasteiger partial charge in [-0.05, 0) is 5.56 Å². The van der Waals surface area contributed by atoms with Gasteiger partial charge >= 0.3 is 11.9 Å². The van der Waals surface area contributed by atoms with E-state index in [1.165, 1.54) is 0 Å². The fraction of sp³-hybridized carbons (Fsp3) is 0.273. The van der Waals surface area contributed by atoms with Crippen molar-refractivity contribution < 1.29 is 19.4 Å². The van der Waals surface area contributed by atoms with Gasteiger partial charge in [0.05, 0.1) is 0 Å². The molecule has 0 bridgehead atoms. The predicted molar refractivity (Wildman–Crippen MR) is 52.8 cm³/mol. The number of ether oxygens (including phenoxy) is 1. The lowest BCUT2D eigenvalue weighted by Gasteiger charge is -2.08. The van der Waals surface area contributed by atoms with E-state index in [1.807, 2.05) is 0 Å². The van der Waals surface area contributed by atoms with Crippen LogP contribution in [-0.4, -0.2) is 17.0 Å². The van der Waals surface area contributed by atoms with Crippen molar-refractivity contribution in [1.29, 1.82) is 0 Å². The molecule has 0 aliphatic rings. The summed E-state index contributed by atoms with van der Waals surface area (Å²) in [5, 5.41) is 9.51. The molecular weight excluding hydrogens is 196 g/mol. The number of rotatable bonds is 3. The summed E-state index contributed by atoms with van der Waals surface area (Å²) in [5.74, 6) is -1.58. The van der Waals surface area contributed by atoms with Crippen LogP contribution in [0, 0.1) is 0 Å². The van der Waals surface area contributed by atoms with Crippen LogP contribution in [0.1, 0.15) is 25.0 Å². The van der Waals surface area contributed by atoms with Gasteiger partial charge in [-0.1, -0.05) is 37.3 Å². The van der Waals surface area contributed by atoms with E-state index in [0.717, 1.165) is 0 Å². The van der Waals surface area contributed by atoms with E-state index < -0.39 is 18.0 Å². The second-order valence-electron chi connectivity index (χ2n) is 2.96. The average Bonchev–Trinajstić information content (AvgIpc) is 2.29. The van der Waals surface area contributed by atoms with Crippen molar-refractivity contribution >= 4 is 11.9 Å². The first-order valence-corrected chi connectivity index (χ1v) is 4.62. The van der Waals surface area contributed by atoms with Crippen molar-refractivity contribution in [3.05, 3.63) is 35.9 Å². The van der Waals surface area contributed by atoms with Gasteiger partial charge in [-0.3, -0.25) is 4.79 Å². The minimum absolute atomic E-state index is 0.104. The second-order valence-corrected chi connectivity index (χ2v) is 2.96. The summed E-state index contributed by atoms with van der Waals surface area (Å²) in [5.41, 5.74) is 0.409. The molecular formula is C11H12O4. The normalized spacial score (nSPS) is 11.9. The maximum atomic E-state index is 11.2. The molecule has 1 aromatic carbocycles. The molecule has 0 spiro atoms. The number of hydrogen-bond donors (Lipinski definition) is 1. The van der Waals surface area contributed by atoms with Crippen molar-refractivity contribution in [2.24, 2.45) is 0 Å². The number of aliphatic hydroxyl groups excluding tert-OH is 1. The fourth-order valence-electron chi connectivity index (χ4n) is 1.01. The highest BCUT2D eigenvalue weighted by molar-refractivity contribution is 5.88. The molecule has 0 fully saturated rings. The summed E-state index contributed by atoms with van der Waals surface area (Å²) < 4.78 is 4.39. The van der Waals surface area contributed by atoms with Gasteiger partial charge in [-0.2, -0.15) is 0 Å². The van der Waals surface area contributed by atoms with E-state index in [9.17, 15) is 14.7 Å². The summed E-state index contributed by atoms with van der Waals surface area (Å²) in [4.78, 5) is 22.0. The summed E-state index contributed by atoms with van der Waals surface area (Å²) in [6.45, 7) is 1.57. The van der Waals surface area contributed by atoms with Gasteiger partial charge < -0.3 is 9.84 Å². The zero-order valence-electron chi connectivity index (χ0n) is 8.34. The summed E-state index contributed by atoms with van der Waals surface area (Å²) in [7, 11) is 0. The maximum absolute atomic E-state index is 11.2. The largest absolute Gasteiger partial charge is 0.391 e. The molecule has 0 aliphatic heterocycles. The maximum Gasteiger partial charge on any atom is 0.347 e. The van der Waals surface area contributed by atoms with Crippen molar-refractivity contribution in [3.8, 4) is 0 Å². The summed E-state index contributed by atoms with van der Waals surface area (Å²) in [6, 6.07) is 8.31. The fourth-order valence-corrected chi connectivity index (χ4v) is 1.01. The van der Waals surface area contributed by atoms with Crippen LogP contribution in [0.25, 0.3) is 0 Å². The van der Waals surface area contributed by atoms with E-state index in [0.29, 0.717) is 5.56 Å². The van der Waals surface area contributed by atoms with Gasteiger partial charge in [0.2, 0.25) is 0 Å². The molecule has 0 radical (unpaired) electrons. The number of hydrogen-bond acceptors (Lipinski definition) is 4. The highest BCUT2D eigenvalue weighted by Crippen LogP contribution is 2.13. The zero-order valence-corrected chi connectivity index (χ0v) is 8.34. The lowest BCUT2D eigenvalue weighted by Crippen LogP contribution is -2.19. The van der Waals surface area contributed by atoms with E-state index in [1.54, 1.807) is 37.3 Å². The number of aliphatic hydroxyl groups is 1. The molecule has 1 rings (SSSR count). The van der Waals surface area contributed by atoms with Gasteiger partial charge in [0.1, 0.15) is 0 Å². The van der Waals surface area contributed by atoms with Crippen LogP contribution in [-0.2, 0) is 14.3 Å². The molecule has 80 valence electrons. The Bertz CT molecular complexity index is 345. The van der Waals surface area contributed by atoms with Gasteiger partial charge in [0, 0.05) is 6.42 Å². The Hall–Kier alpha value is -1.68. The highest BCUT2D eigenvalue weighted by Gasteiger charge is 2.20. The highest BCUT2D eigenvalue weighted by atomic mass is 16.6. The molecule has 0 unspecified atom stereocenters. The Labute approximate surface area is 87.5 Å². The topological polar surface area (TPSA) is 63.6 Å². The van der Waals surface area contributed by atoms with Crippen LogP contribution in [0.5, 0.6) is 0 Å². The lowest BCUT2D eigenvalue weighted by atomic mass is 10.1. The monoisotopic (exact) mass is 208 g/mol. The Morgan fingerprint density at radius 2 is 1.93 bits per heavy atom. The molecule has 1 aromatic rings. The average molecular weight is 208 g/mol. The summed E-state index contributed by atoms with van der Waals surface area (Å²) in [6.07, 6.45) is -1.30. The van der Waals surface area contributed by atoms with Gasteiger partial charge in [0.25, 0.3) is 0 Å². The first kappa shape index (κ1) is 11.4. The Morgan fingerprint density at radius 3 is 2.47 bits per heavy atom. The van der Waals surface area contributed by atoms with Gasteiger partial charge in [-0.15, -0.1) is 0 Å². The quantitative estimate of drug-likeness (QED) is 0.598. The van der Waals surface area contributed by atoms with E-state index >= 15 is 0 Å². The zero-order chi connectivity index (χ0) is 11.3. The third-order valence-corrected chi connectivity index (χ3v) is 1.84. The third-order valence-electron chi connectivity index (χ3n) is 1.84. The third kappa shape index (κ3) is 3.18. The van der Waals surface area contributed by atoms with E-state index in [-0.39, 0.29) is 6.42 Å². The first-order valence-electron chi connectivity index (χ1n) is 4.62. The smallest absolute Gasteiger partial charge is 0.347 e. The van der Waals surface area contributed by atoms with Crippen molar-refractivity contribution in [3.63, 3.8) is 0 Å². The van der Waals surface area contributed by atoms with Gasteiger partial charge in [-0.25, -0.2) is 4.79 Å². The molecule has 15 heavy (non-hydrogen) atoms. The van der Waals surface area contributed by atoms with E-state index in [4.69, 9.17) is 0 Å². The molecule has 0 saturated heterocycles. The molecule has 1 N–H and O–H groups in total. The van der Waals surface area contributed by atoms with Crippen LogP contribution in [0.2, 0.25) is 0 Å². The summed E-state index contributed by atoms with van der Waals surface area (Å²) >= 11 is 0. The van der Waals surface area contributed by atoms with E-state index in [2.05, 4.69) is 4.74 Å². The van der Waals surface area contributed by atoms with Crippen LogP contribution >= 0.6 is 0 Å². The molecule has 0 saturated carbocycles. The Kier molecular flexibility index (Phi) is 4.00. The molecule has 1 atom stereocenters. The molecule has 4 heteroatoms. The molecule has 0 heterocycles. The SMILES string of the molecule is CCC(=O)OC(=O)[C@H](O)c1ccccc1. The van der Waals surface area contributed by atoms with Crippen LogP contribution in [0.3, 0.4) is 0 Å². The Morgan fingerprint density at radius 1 is 1.33 bits per heavy atom. The standard InChI is InChI=1S/C11H12O4/c1-2-9(12)15-11(14)10(13)8-6-4-3-5-7-8/h3-7,10,13H,2H2,1H3/t10-/m1/s1. The predicted octanol–water partition coefficient (Wildman–Crippen LogP) is 1.20. The van der Waals surface area contributed by atoms with Crippen LogP contribution < -0.4 is 0 Å². The first-order chi connectivity index (χ1) is 7.15. The molecule has 0 amide bonds. The van der Waals surface area contributed by atoms with Crippen molar-refractivity contribution in [1.82, 2.24) is 0 Å². The molecule has 0 aromatic heterocycles. The number of esters is 2. The number of carbonyl (C=O) groups excluding carboxylic acids is 2. The van der Waals surface area contributed by atoms with Crippen LogP contribution in [0.15, 0.2) is 30.3 Å². The minimum atomic E-state index is -1.40. The number of benzene rings is 1. The van der Waals surface area contributed by atoms with Crippen LogP contribution in [0.4, 0.5) is 0 Å². The van der Waals surface area contributed by atoms with Gasteiger partial charge in [0.15, 0.2) is 6.10 Å². The van der Waals surface area contributed by atoms with Crippen molar-refractivity contribution in [2.45, 2.75) is 19.4 Å². The lowest BCUT2D eigenvalue weighted by molar-refractivity contribution is -0.166. The second kappa shape index (κ2) is 5.26. The minimum Gasteiger partial charge on any atom is -0.391 e. The number of carbonyl (C=O) groups is 2. The van der Waals surface area contributed by atoms with Crippen molar-refractivity contribution in [2.75, 3.05) is 0 Å². The molecule has 4 nitrogen and oxygen atoms in total.